The van der Waals surface area contributed by atoms with Crippen molar-refractivity contribution in [3.63, 3.8) is 0 Å². The fourth-order valence-corrected chi connectivity index (χ4v) is 2.81. The summed E-state index contributed by atoms with van der Waals surface area (Å²) in [7, 11) is 0. The van der Waals surface area contributed by atoms with Crippen molar-refractivity contribution in [2.75, 3.05) is 18.8 Å². The highest BCUT2D eigenvalue weighted by Crippen LogP contribution is 2.23. The quantitative estimate of drug-likeness (QED) is 0.668. The van der Waals surface area contributed by atoms with E-state index in [9.17, 15) is 0 Å². The molecule has 0 radical (unpaired) electrons. The number of hydrogen-bond donors (Lipinski definition) is 0. The van der Waals surface area contributed by atoms with E-state index >= 15 is 0 Å². The first kappa shape index (κ1) is 10.4. The van der Waals surface area contributed by atoms with Crippen LogP contribution >= 0.6 is 11.8 Å². The van der Waals surface area contributed by atoms with Gasteiger partial charge in [0.25, 0.3) is 0 Å². The van der Waals surface area contributed by atoms with Gasteiger partial charge in [0, 0.05) is 11.3 Å². The lowest BCUT2D eigenvalue weighted by atomic mass is 10.1. The minimum atomic E-state index is 0.748. The zero-order chi connectivity index (χ0) is 8.97. The molecule has 0 amide bonds. The Kier molecular flexibility index (Phi) is 4.44. The maximum atomic E-state index is 2.59. The summed E-state index contributed by atoms with van der Waals surface area (Å²) in [5.41, 5.74) is 0. The molecule has 1 aliphatic heterocycles. The van der Waals surface area contributed by atoms with Crippen LogP contribution in [-0.4, -0.2) is 35.0 Å². The molecule has 0 aromatic rings. The van der Waals surface area contributed by atoms with Gasteiger partial charge in [-0.25, -0.2) is 0 Å². The summed E-state index contributed by atoms with van der Waals surface area (Å²) in [6.45, 7) is 9.49. The molecule has 0 unspecified atom stereocenters. The summed E-state index contributed by atoms with van der Waals surface area (Å²) >= 11 is 2.14. The van der Waals surface area contributed by atoms with Crippen LogP contribution in [0.4, 0.5) is 0 Å². The molecule has 1 heterocycles. The Morgan fingerprint density at radius 3 is 2.33 bits per heavy atom. The summed E-state index contributed by atoms with van der Waals surface area (Å²) < 4.78 is 0. The Bertz CT molecular complexity index is 117. The van der Waals surface area contributed by atoms with Gasteiger partial charge in [0.15, 0.2) is 0 Å². The Morgan fingerprint density at radius 1 is 1.33 bits per heavy atom. The third kappa shape index (κ3) is 2.98. The third-order valence-electron chi connectivity index (χ3n) is 2.61. The minimum absolute atomic E-state index is 0.748. The molecule has 0 spiro atoms. The van der Waals surface area contributed by atoms with E-state index in [1.165, 1.54) is 31.7 Å². The number of piperidine rings is 1. The highest BCUT2D eigenvalue weighted by molar-refractivity contribution is 7.99. The van der Waals surface area contributed by atoms with Crippen LogP contribution in [0.2, 0.25) is 0 Å². The summed E-state index contributed by atoms with van der Waals surface area (Å²) in [5.74, 6) is 1.28. The SMILES string of the molecule is CCSC1CCN(C(C)C)CC1. The normalized spacial score (nSPS) is 22.0. The molecule has 0 aromatic carbocycles. The maximum Gasteiger partial charge on any atom is 0.00712 e. The van der Waals surface area contributed by atoms with Gasteiger partial charge in [0.2, 0.25) is 0 Å². The van der Waals surface area contributed by atoms with E-state index in [0.29, 0.717) is 0 Å². The number of hydrogen-bond acceptors (Lipinski definition) is 2. The first-order valence-electron chi connectivity index (χ1n) is 5.09. The second-order valence-electron chi connectivity index (χ2n) is 3.78. The van der Waals surface area contributed by atoms with Crippen LogP contribution in [0.25, 0.3) is 0 Å². The molecule has 0 bridgehead atoms. The molecule has 12 heavy (non-hydrogen) atoms. The van der Waals surface area contributed by atoms with Gasteiger partial charge in [0.1, 0.15) is 0 Å². The lowest BCUT2D eigenvalue weighted by Crippen LogP contribution is -2.39. The first-order chi connectivity index (χ1) is 5.74. The van der Waals surface area contributed by atoms with Crippen LogP contribution in [0.3, 0.4) is 0 Å². The van der Waals surface area contributed by atoms with Crippen LogP contribution in [0.5, 0.6) is 0 Å². The molecule has 2 heteroatoms. The second kappa shape index (κ2) is 5.13. The smallest absolute Gasteiger partial charge is 0.00712 e. The number of likely N-dealkylation sites (tertiary alicyclic amines) is 1. The van der Waals surface area contributed by atoms with Gasteiger partial charge < -0.3 is 4.90 Å². The molecule has 1 nitrogen and oxygen atoms in total. The van der Waals surface area contributed by atoms with Crippen molar-refractivity contribution in [3.8, 4) is 0 Å². The fourth-order valence-electron chi connectivity index (χ4n) is 1.79. The van der Waals surface area contributed by atoms with Gasteiger partial charge in [-0.05, 0) is 45.5 Å². The minimum Gasteiger partial charge on any atom is -0.301 e. The van der Waals surface area contributed by atoms with Crippen LogP contribution in [0, 0.1) is 0 Å². The van der Waals surface area contributed by atoms with Gasteiger partial charge in [-0.3, -0.25) is 0 Å². The molecule has 0 saturated carbocycles. The third-order valence-corrected chi connectivity index (χ3v) is 3.89. The molecule has 0 atom stereocenters. The van der Waals surface area contributed by atoms with Crippen LogP contribution < -0.4 is 0 Å². The van der Waals surface area contributed by atoms with E-state index in [4.69, 9.17) is 0 Å². The number of rotatable bonds is 3. The topological polar surface area (TPSA) is 3.24 Å². The summed E-state index contributed by atoms with van der Waals surface area (Å²) in [6.07, 6.45) is 2.80. The first-order valence-corrected chi connectivity index (χ1v) is 6.14. The van der Waals surface area contributed by atoms with E-state index in [2.05, 4.69) is 37.4 Å². The highest BCUT2D eigenvalue weighted by Gasteiger charge is 2.19. The van der Waals surface area contributed by atoms with Crippen molar-refractivity contribution in [1.82, 2.24) is 4.90 Å². The van der Waals surface area contributed by atoms with Gasteiger partial charge in [-0.1, -0.05) is 6.92 Å². The lowest BCUT2D eigenvalue weighted by Gasteiger charge is -2.34. The Labute approximate surface area is 80.9 Å². The van der Waals surface area contributed by atoms with Crippen LogP contribution in [-0.2, 0) is 0 Å². The van der Waals surface area contributed by atoms with Crippen LogP contribution in [0.15, 0.2) is 0 Å². The monoisotopic (exact) mass is 187 g/mol. The van der Waals surface area contributed by atoms with E-state index in [-0.39, 0.29) is 0 Å². The largest absolute Gasteiger partial charge is 0.301 e. The Morgan fingerprint density at radius 2 is 1.92 bits per heavy atom. The molecule has 1 saturated heterocycles. The maximum absolute atomic E-state index is 2.59. The van der Waals surface area contributed by atoms with Crippen molar-refractivity contribution in [2.45, 2.75) is 44.9 Å². The predicted octanol–water partition coefficient (Wildman–Crippen LogP) is 2.61. The molecular weight excluding hydrogens is 166 g/mol. The van der Waals surface area contributed by atoms with Gasteiger partial charge in [-0.15, -0.1) is 0 Å². The van der Waals surface area contributed by atoms with Crippen molar-refractivity contribution >= 4 is 11.8 Å². The summed E-state index contributed by atoms with van der Waals surface area (Å²) in [4.78, 5) is 2.59. The van der Waals surface area contributed by atoms with E-state index in [1.54, 1.807) is 0 Å². The highest BCUT2D eigenvalue weighted by atomic mass is 32.2. The molecule has 1 fully saturated rings. The van der Waals surface area contributed by atoms with Crippen LogP contribution in [0.1, 0.15) is 33.6 Å². The molecule has 0 N–H and O–H groups in total. The summed E-state index contributed by atoms with van der Waals surface area (Å²) in [5, 5.41) is 0.949. The van der Waals surface area contributed by atoms with Crippen molar-refractivity contribution in [2.24, 2.45) is 0 Å². The van der Waals surface area contributed by atoms with Crippen molar-refractivity contribution in [3.05, 3.63) is 0 Å². The Hall–Kier alpha value is 0.310. The van der Waals surface area contributed by atoms with E-state index < -0.39 is 0 Å². The summed E-state index contributed by atoms with van der Waals surface area (Å²) in [6, 6.07) is 0.748. The number of thioether (sulfide) groups is 1. The second-order valence-corrected chi connectivity index (χ2v) is 5.36. The molecular formula is C10H21NS. The molecule has 1 aliphatic rings. The van der Waals surface area contributed by atoms with Crippen molar-refractivity contribution in [1.29, 1.82) is 0 Å². The average molecular weight is 187 g/mol. The average Bonchev–Trinajstić information content (AvgIpc) is 2.06. The lowest BCUT2D eigenvalue weighted by molar-refractivity contribution is 0.188. The molecule has 1 rings (SSSR count). The predicted molar refractivity (Wildman–Crippen MR) is 57.9 cm³/mol. The standard InChI is InChI=1S/C10H21NS/c1-4-12-10-5-7-11(8-6-10)9(2)3/h9-10H,4-8H2,1-3H3. The molecule has 0 aromatic heterocycles. The number of nitrogens with zero attached hydrogens (tertiary/aromatic N) is 1. The van der Waals surface area contributed by atoms with Gasteiger partial charge >= 0.3 is 0 Å². The van der Waals surface area contributed by atoms with Gasteiger partial charge in [-0.2, -0.15) is 11.8 Å². The van der Waals surface area contributed by atoms with E-state index in [1.807, 2.05) is 0 Å². The Balaban J connectivity index is 2.20. The van der Waals surface area contributed by atoms with Gasteiger partial charge in [0.05, 0.1) is 0 Å². The van der Waals surface area contributed by atoms with E-state index in [0.717, 1.165) is 11.3 Å². The van der Waals surface area contributed by atoms with Crippen molar-refractivity contribution < 1.29 is 0 Å². The molecule has 72 valence electrons. The fraction of sp³-hybridized carbons (Fsp3) is 1.00. The zero-order valence-corrected chi connectivity index (χ0v) is 9.36. The zero-order valence-electron chi connectivity index (χ0n) is 8.55. The molecule has 0 aliphatic carbocycles.